The van der Waals surface area contributed by atoms with Crippen LogP contribution in [-0.2, 0) is 16.8 Å². The van der Waals surface area contributed by atoms with Crippen LogP contribution in [0, 0.1) is 0 Å². The second-order valence-corrected chi connectivity index (χ2v) is 7.37. The van der Waals surface area contributed by atoms with Gasteiger partial charge < -0.3 is 9.72 Å². The van der Waals surface area contributed by atoms with Crippen molar-refractivity contribution in [2.75, 3.05) is 19.8 Å². The van der Waals surface area contributed by atoms with Gasteiger partial charge in [-0.15, -0.1) is 0 Å². The van der Waals surface area contributed by atoms with Crippen molar-refractivity contribution >= 4 is 17.0 Å². The molecule has 4 nitrogen and oxygen atoms in total. The number of aryl methyl sites for hydroxylation is 1. The van der Waals surface area contributed by atoms with E-state index in [1.165, 1.54) is 29.0 Å². The second-order valence-electron chi connectivity index (χ2n) is 7.37. The van der Waals surface area contributed by atoms with Crippen LogP contribution >= 0.6 is 0 Å². The molecule has 2 heterocycles. The number of aromatic amines is 1. The Morgan fingerprint density at radius 1 is 1.11 bits per heavy atom. The van der Waals surface area contributed by atoms with Crippen molar-refractivity contribution in [1.29, 1.82) is 0 Å². The van der Waals surface area contributed by atoms with Gasteiger partial charge in [0.25, 0.3) is 0 Å². The lowest BCUT2D eigenvalue weighted by Gasteiger charge is -2.25. The highest BCUT2D eigenvalue weighted by atomic mass is 16.5. The normalized spacial score (nSPS) is 18.1. The third-order valence-corrected chi connectivity index (χ3v) is 5.41. The lowest BCUT2D eigenvalue weighted by molar-refractivity contribution is 0.144. The van der Waals surface area contributed by atoms with Crippen LogP contribution in [0.3, 0.4) is 0 Å². The first kappa shape index (κ1) is 18.9. The maximum atomic E-state index is 5.56. The van der Waals surface area contributed by atoms with Gasteiger partial charge in [-0.05, 0) is 55.0 Å². The van der Waals surface area contributed by atoms with Crippen LogP contribution in [-0.4, -0.2) is 24.7 Å². The zero-order valence-electron chi connectivity index (χ0n) is 16.8. The van der Waals surface area contributed by atoms with Gasteiger partial charge in [0.1, 0.15) is 0 Å². The molecule has 0 fully saturated rings. The van der Waals surface area contributed by atoms with Crippen molar-refractivity contribution < 1.29 is 4.74 Å². The predicted molar refractivity (Wildman–Crippen MR) is 115 cm³/mol. The summed E-state index contributed by atoms with van der Waals surface area (Å²) < 4.78 is 5.56. The summed E-state index contributed by atoms with van der Waals surface area (Å²) in [6, 6.07) is 17.1. The van der Waals surface area contributed by atoms with Crippen LogP contribution in [0.4, 0.5) is 0 Å². The number of aromatic nitrogens is 1. The summed E-state index contributed by atoms with van der Waals surface area (Å²) in [6.45, 7) is 6.39. The lowest BCUT2D eigenvalue weighted by Crippen LogP contribution is -2.40. The molecule has 1 atom stereocenters. The third-order valence-electron chi connectivity index (χ3n) is 5.41. The predicted octanol–water partition coefficient (Wildman–Crippen LogP) is 3.40. The fraction of sp³-hybridized carbons (Fsp3) is 0.375. The minimum atomic E-state index is -0.583. The quantitative estimate of drug-likeness (QED) is 0.563. The third kappa shape index (κ3) is 3.62. The Bertz CT molecular complexity index is 1040. The molecule has 4 heteroatoms. The molecule has 0 bridgehead atoms. The van der Waals surface area contributed by atoms with Gasteiger partial charge in [0, 0.05) is 23.9 Å². The number of nitrogens with zero attached hydrogens (tertiary/aromatic N) is 1. The molecule has 0 radical (unpaired) electrons. The zero-order chi connectivity index (χ0) is 19.4. The largest absolute Gasteiger partial charge is 0.380 e. The van der Waals surface area contributed by atoms with Gasteiger partial charge in [0.15, 0.2) is 5.66 Å². The summed E-state index contributed by atoms with van der Waals surface area (Å²) >= 11 is 0. The molecule has 0 amide bonds. The van der Waals surface area contributed by atoms with Gasteiger partial charge >= 0.3 is 0 Å². The number of ether oxygens (including phenoxy) is 1. The number of nitrogens with one attached hydrogen (secondary N) is 2. The molecule has 0 saturated heterocycles. The van der Waals surface area contributed by atoms with E-state index >= 15 is 0 Å². The fourth-order valence-electron chi connectivity index (χ4n) is 3.94. The van der Waals surface area contributed by atoms with Crippen LogP contribution in [0.25, 0.3) is 17.0 Å². The summed E-state index contributed by atoms with van der Waals surface area (Å²) in [5.41, 5.74) is 3.01. The smallest absolute Gasteiger partial charge is 0.171 e. The summed E-state index contributed by atoms with van der Waals surface area (Å²) in [7, 11) is 0. The molecule has 0 saturated carbocycles. The number of fused-ring (bicyclic) bond motifs is 2. The summed E-state index contributed by atoms with van der Waals surface area (Å²) in [6.07, 6.45) is 5.78. The van der Waals surface area contributed by atoms with Crippen LogP contribution in [0.15, 0.2) is 53.5 Å². The number of hydrogen-bond donors (Lipinski definition) is 2. The second kappa shape index (κ2) is 8.29. The molecule has 3 aromatic rings. The van der Waals surface area contributed by atoms with E-state index < -0.39 is 5.66 Å². The molecule has 4 rings (SSSR count). The first-order valence-corrected chi connectivity index (χ1v) is 10.4. The molecule has 2 N–H and O–H groups in total. The SMILES string of the molecule is CCCCc1cccc2c1=CC(NCCOCC)(c1cc3ccccc3[nH]1)N=2. The van der Waals surface area contributed by atoms with Crippen LogP contribution in [0.2, 0.25) is 0 Å². The van der Waals surface area contributed by atoms with Crippen LogP contribution in [0.1, 0.15) is 37.9 Å². The molecule has 28 heavy (non-hydrogen) atoms. The van der Waals surface area contributed by atoms with E-state index in [0.29, 0.717) is 6.61 Å². The van der Waals surface area contributed by atoms with Crippen LogP contribution < -0.4 is 15.9 Å². The maximum absolute atomic E-state index is 5.56. The van der Waals surface area contributed by atoms with E-state index in [9.17, 15) is 0 Å². The molecule has 146 valence electrons. The molecule has 1 aromatic heterocycles. The van der Waals surface area contributed by atoms with Crippen LogP contribution in [0.5, 0.6) is 0 Å². The average Bonchev–Trinajstić information content (AvgIpc) is 3.32. The maximum Gasteiger partial charge on any atom is 0.171 e. The monoisotopic (exact) mass is 375 g/mol. The van der Waals surface area contributed by atoms with Gasteiger partial charge in [-0.1, -0.05) is 43.7 Å². The van der Waals surface area contributed by atoms with Crippen molar-refractivity contribution in [2.45, 2.75) is 38.8 Å². The minimum Gasteiger partial charge on any atom is -0.380 e. The number of hydrogen-bond acceptors (Lipinski definition) is 3. The molecule has 2 aromatic carbocycles. The Balaban J connectivity index is 1.78. The molecule has 1 aliphatic rings. The number of rotatable bonds is 9. The highest BCUT2D eigenvalue weighted by Gasteiger charge is 2.33. The molecule has 1 aliphatic heterocycles. The van der Waals surface area contributed by atoms with Gasteiger partial charge in [0.2, 0.25) is 0 Å². The van der Waals surface area contributed by atoms with E-state index in [1.807, 2.05) is 6.92 Å². The van der Waals surface area contributed by atoms with Gasteiger partial charge in [-0.3, -0.25) is 10.3 Å². The number of benzene rings is 2. The van der Waals surface area contributed by atoms with E-state index in [1.54, 1.807) is 0 Å². The van der Waals surface area contributed by atoms with E-state index in [-0.39, 0.29) is 0 Å². The molecular weight excluding hydrogens is 346 g/mol. The molecule has 0 spiro atoms. The van der Waals surface area contributed by atoms with E-state index in [2.05, 4.69) is 71.8 Å². The highest BCUT2D eigenvalue weighted by molar-refractivity contribution is 5.81. The molecule has 1 unspecified atom stereocenters. The topological polar surface area (TPSA) is 49.4 Å². The van der Waals surface area contributed by atoms with Gasteiger partial charge in [-0.25, -0.2) is 0 Å². The first-order valence-electron chi connectivity index (χ1n) is 10.4. The fourth-order valence-corrected chi connectivity index (χ4v) is 3.94. The van der Waals surface area contributed by atoms with E-state index in [0.717, 1.165) is 36.1 Å². The Morgan fingerprint density at radius 2 is 2.00 bits per heavy atom. The lowest BCUT2D eigenvalue weighted by atomic mass is 10.0. The Hall–Kier alpha value is -2.43. The number of H-pyrrole nitrogens is 1. The van der Waals surface area contributed by atoms with Crippen molar-refractivity contribution in [3.8, 4) is 0 Å². The minimum absolute atomic E-state index is 0.583. The van der Waals surface area contributed by atoms with E-state index in [4.69, 9.17) is 9.73 Å². The highest BCUT2D eigenvalue weighted by Crippen LogP contribution is 2.29. The molecular formula is C24H29N3O. The zero-order valence-corrected chi connectivity index (χ0v) is 16.8. The Kier molecular flexibility index (Phi) is 5.60. The molecule has 0 aliphatic carbocycles. The summed E-state index contributed by atoms with van der Waals surface area (Å²) in [5.74, 6) is 0. The summed E-state index contributed by atoms with van der Waals surface area (Å²) in [4.78, 5) is 8.75. The van der Waals surface area contributed by atoms with Gasteiger partial charge in [-0.2, -0.15) is 0 Å². The van der Waals surface area contributed by atoms with Crippen molar-refractivity contribution in [3.63, 3.8) is 0 Å². The standard InChI is InChI=1S/C24H29N3O/c1-3-5-9-18-11-8-13-22-20(18)17-24(27-22,25-14-15-28-4-2)23-16-19-10-6-7-12-21(19)26-23/h6-8,10-13,16-17,25-26H,3-5,9,14-15H2,1-2H3. The Morgan fingerprint density at radius 3 is 2.82 bits per heavy atom. The van der Waals surface area contributed by atoms with Crippen molar-refractivity contribution in [2.24, 2.45) is 4.99 Å². The first-order chi connectivity index (χ1) is 13.8. The van der Waals surface area contributed by atoms with Crippen molar-refractivity contribution in [3.05, 3.63) is 70.4 Å². The number of para-hydroxylation sites is 1. The summed E-state index contributed by atoms with van der Waals surface area (Å²) in [5, 5.41) is 7.19. The Labute approximate surface area is 166 Å². The average molecular weight is 376 g/mol. The number of unbranched alkanes of at least 4 members (excludes halogenated alkanes) is 1. The van der Waals surface area contributed by atoms with Gasteiger partial charge in [0.05, 0.1) is 17.7 Å². The van der Waals surface area contributed by atoms with Crippen molar-refractivity contribution in [1.82, 2.24) is 10.3 Å².